The van der Waals surface area contributed by atoms with Crippen molar-refractivity contribution in [3.05, 3.63) is 33.8 Å². The number of rotatable bonds is 6. The summed E-state index contributed by atoms with van der Waals surface area (Å²) in [5.41, 5.74) is 1.31. The van der Waals surface area contributed by atoms with Crippen LogP contribution in [-0.2, 0) is 6.42 Å². The molecule has 0 aliphatic heterocycles. The van der Waals surface area contributed by atoms with Crippen molar-refractivity contribution < 1.29 is 0 Å². The molecule has 0 bridgehead atoms. The van der Waals surface area contributed by atoms with E-state index in [4.69, 9.17) is 23.2 Å². The Morgan fingerprint density at radius 1 is 1.17 bits per heavy atom. The van der Waals surface area contributed by atoms with E-state index in [1.807, 2.05) is 12.1 Å². The predicted molar refractivity (Wildman–Crippen MR) is 89.6 cm³/mol. The molecule has 102 valence electrons. The second-order valence-corrected chi connectivity index (χ2v) is 7.16. The molecule has 0 nitrogen and oxygen atoms in total. The third-order valence-corrected chi connectivity index (χ3v) is 6.24. The maximum Gasteiger partial charge on any atom is 0.0624 e. The molecule has 0 N–H and O–H groups in total. The normalized spacial score (nSPS) is 12.2. The van der Waals surface area contributed by atoms with E-state index in [2.05, 4.69) is 51.8 Å². The molecule has 0 heterocycles. The summed E-state index contributed by atoms with van der Waals surface area (Å²) in [6, 6.07) is 5.86. The Hall–Kier alpha value is 0.760. The van der Waals surface area contributed by atoms with E-state index in [0.717, 1.165) is 29.1 Å². The van der Waals surface area contributed by atoms with Gasteiger partial charge in [-0.2, -0.15) is 0 Å². The van der Waals surface area contributed by atoms with Crippen LogP contribution in [0.5, 0.6) is 0 Å². The topological polar surface area (TPSA) is 0 Å². The molecule has 0 fully saturated rings. The zero-order valence-corrected chi connectivity index (χ0v) is 15.3. The lowest BCUT2D eigenvalue weighted by Gasteiger charge is -2.32. The van der Waals surface area contributed by atoms with E-state index in [0.29, 0.717) is 16.0 Å². The van der Waals surface area contributed by atoms with Gasteiger partial charge in [-0.15, -0.1) is 0 Å². The second-order valence-electron chi connectivity index (χ2n) is 5.25. The summed E-state index contributed by atoms with van der Waals surface area (Å²) in [6.45, 7) is 4.50. The Morgan fingerprint density at radius 3 is 2.28 bits per heavy atom. The third-order valence-electron chi connectivity index (χ3n) is 3.01. The highest BCUT2D eigenvalue weighted by Crippen LogP contribution is 2.38. The molecule has 0 unspecified atom stereocenters. The molecule has 0 radical (unpaired) electrons. The number of halogens is 4. The van der Waals surface area contributed by atoms with Crippen LogP contribution in [0.1, 0.15) is 25.8 Å². The van der Waals surface area contributed by atoms with E-state index in [1.54, 1.807) is 0 Å². The van der Waals surface area contributed by atoms with Crippen molar-refractivity contribution in [2.45, 2.75) is 26.7 Å². The molecule has 0 amide bonds. The average Bonchev–Trinajstić information content (AvgIpc) is 2.33. The molecule has 0 aliphatic rings. The molecule has 1 aromatic carbocycles. The first-order valence-corrected chi connectivity index (χ1v) is 8.99. The van der Waals surface area contributed by atoms with Gasteiger partial charge in [-0.25, -0.2) is 0 Å². The van der Waals surface area contributed by atoms with Gasteiger partial charge in [0.1, 0.15) is 0 Å². The van der Waals surface area contributed by atoms with Gasteiger partial charge in [-0.05, 0) is 35.8 Å². The smallest absolute Gasteiger partial charge is 0.0624 e. The monoisotopic (exact) mass is 414 g/mol. The summed E-state index contributed by atoms with van der Waals surface area (Å²) in [6.07, 6.45) is 2.08. The zero-order chi connectivity index (χ0) is 13.8. The number of alkyl halides is 2. The zero-order valence-electron chi connectivity index (χ0n) is 10.6. The average molecular weight is 417 g/mol. The Labute approximate surface area is 137 Å². The predicted octanol–water partition coefficient (Wildman–Crippen LogP) is 6.36. The maximum atomic E-state index is 6.29. The van der Waals surface area contributed by atoms with E-state index in [9.17, 15) is 0 Å². The van der Waals surface area contributed by atoms with Crippen LogP contribution in [0.25, 0.3) is 0 Å². The van der Waals surface area contributed by atoms with Crippen LogP contribution in [0.4, 0.5) is 0 Å². The largest absolute Gasteiger partial charge is 0.0922 e. The molecule has 0 saturated heterocycles. The van der Waals surface area contributed by atoms with E-state index in [-0.39, 0.29) is 5.41 Å². The number of hydrogen-bond donors (Lipinski definition) is 0. The molecular weight excluding hydrogens is 399 g/mol. The second kappa shape index (κ2) is 7.52. The van der Waals surface area contributed by atoms with Gasteiger partial charge in [0.05, 0.1) is 10.0 Å². The van der Waals surface area contributed by atoms with Crippen molar-refractivity contribution in [2.75, 3.05) is 10.7 Å². The van der Waals surface area contributed by atoms with Crippen molar-refractivity contribution >= 4 is 55.1 Å². The lowest BCUT2D eigenvalue weighted by Crippen LogP contribution is -2.29. The lowest BCUT2D eigenvalue weighted by atomic mass is 9.79. The van der Waals surface area contributed by atoms with E-state index >= 15 is 0 Å². The Balaban J connectivity index is 2.99. The van der Waals surface area contributed by atoms with Gasteiger partial charge in [0.2, 0.25) is 0 Å². The lowest BCUT2D eigenvalue weighted by molar-refractivity contribution is 0.304. The summed E-state index contributed by atoms with van der Waals surface area (Å²) in [4.78, 5) is 0. The van der Waals surface area contributed by atoms with Crippen LogP contribution in [0.3, 0.4) is 0 Å². The van der Waals surface area contributed by atoms with Gasteiger partial charge in [0.25, 0.3) is 0 Å². The molecule has 4 heteroatoms. The number of hydrogen-bond acceptors (Lipinski definition) is 0. The number of benzene rings is 1. The fraction of sp³-hybridized carbons (Fsp3) is 0.571. The molecule has 18 heavy (non-hydrogen) atoms. The molecule has 1 rings (SSSR count). The molecule has 0 aliphatic carbocycles. The SMILES string of the molecule is CC(C)CC(CBr)(CBr)Cc1cccc(Cl)c1Cl. The van der Waals surface area contributed by atoms with Crippen LogP contribution in [0.15, 0.2) is 18.2 Å². The summed E-state index contributed by atoms with van der Waals surface area (Å²) >= 11 is 19.7. The molecular formula is C14H18Br2Cl2. The van der Waals surface area contributed by atoms with Gasteiger partial charge in [-0.1, -0.05) is 81.0 Å². The highest BCUT2D eigenvalue weighted by Gasteiger charge is 2.30. The van der Waals surface area contributed by atoms with Crippen molar-refractivity contribution in [3.63, 3.8) is 0 Å². The van der Waals surface area contributed by atoms with Crippen LogP contribution in [0.2, 0.25) is 10.0 Å². The van der Waals surface area contributed by atoms with Crippen LogP contribution in [-0.4, -0.2) is 10.7 Å². The highest BCUT2D eigenvalue weighted by atomic mass is 79.9. The van der Waals surface area contributed by atoms with Gasteiger partial charge in [0.15, 0.2) is 0 Å². The highest BCUT2D eigenvalue weighted by molar-refractivity contribution is 9.09. The quantitative estimate of drug-likeness (QED) is 0.473. The molecule has 0 aromatic heterocycles. The standard InChI is InChI=1S/C14H18Br2Cl2/c1-10(2)6-14(8-15,9-16)7-11-4-3-5-12(17)13(11)18/h3-5,10H,6-9H2,1-2H3. The van der Waals surface area contributed by atoms with Gasteiger partial charge >= 0.3 is 0 Å². The van der Waals surface area contributed by atoms with E-state index < -0.39 is 0 Å². The van der Waals surface area contributed by atoms with Gasteiger partial charge < -0.3 is 0 Å². The van der Waals surface area contributed by atoms with Gasteiger partial charge in [-0.3, -0.25) is 0 Å². The van der Waals surface area contributed by atoms with Gasteiger partial charge in [0, 0.05) is 10.7 Å². The minimum atomic E-state index is 0.183. The minimum Gasteiger partial charge on any atom is -0.0922 e. The summed E-state index contributed by atoms with van der Waals surface area (Å²) in [5.74, 6) is 0.651. The fourth-order valence-electron chi connectivity index (χ4n) is 2.27. The maximum absolute atomic E-state index is 6.29. The molecule has 0 atom stereocenters. The van der Waals surface area contributed by atoms with Crippen molar-refractivity contribution in [1.29, 1.82) is 0 Å². The first-order valence-electron chi connectivity index (χ1n) is 5.99. The Bertz CT molecular complexity index is 387. The summed E-state index contributed by atoms with van der Waals surface area (Å²) < 4.78 is 0. The van der Waals surface area contributed by atoms with Crippen molar-refractivity contribution in [3.8, 4) is 0 Å². The minimum absolute atomic E-state index is 0.183. The molecule has 0 spiro atoms. The van der Waals surface area contributed by atoms with Crippen molar-refractivity contribution in [2.24, 2.45) is 11.3 Å². The summed E-state index contributed by atoms with van der Waals surface area (Å²) in [7, 11) is 0. The molecule has 1 aromatic rings. The fourth-order valence-corrected chi connectivity index (χ4v) is 4.44. The first-order chi connectivity index (χ1) is 8.44. The summed E-state index contributed by atoms with van der Waals surface area (Å²) in [5, 5.41) is 3.23. The first kappa shape index (κ1) is 16.8. The molecule has 0 saturated carbocycles. The van der Waals surface area contributed by atoms with Crippen LogP contribution < -0.4 is 0 Å². The van der Waals surface area contributed by atoms with Crippen LogP contribution >= 0.6 is 55.1 Å². The third kappa shape index (κ3) is 4.40. The Kier molecular flexibility index (Phi) is 7.02. The Morgan fingerprint density at radius 2 is 1.78 bits per heavy atom. The van der Waals surface area contributed by atoms with Crippen LogP contribution in [0, 0.1) is 11.3 Å². The van der Waals surface area contributed by atoms with E-state index in [1.165, 1.54) is 0 Å². The van der Waals surface area contributed by atoms with Crippen molar-refractivity contribution in [1.82, 2.24) is 0 Å².